The minimum Gasteiger partial charge on any atom is -0.322 e. The van der Waals surface area contributed by atoms with Crippen molar-refractivity contribution in [2.75, 3.05) is 6.54 Å². The Balaban J connectivity index is 1.78. The van der Waals surface area contributed by atoms with E-state index in [-0.39, 0.29) is 17.0 Å². The minimum absolute atomic E-state index is 0.129. The van der Waals surface area contributed by atoms with Gasteiger partial charge in [-0.05, 0) is 67.8 Å². The summed E-state index contributed by atoms with van der Waals surface area (Å²) in [5.41, 5.74) is 3.28. The molecular weight excluding hydrogens is 372 g/mol. The number of benzene rings is 2. The first-order chi connectivity index (χ1) is 12.3. The maximum Gasteiger partial charge on any atom is 0.251 e. The van der Waals surface area contributed by atoms with Crippen LogP contribution in [0.15, 0.2) is 52.2 Å². The molecule has 0 amide bonds. The van der Waals surface area contributed by atoms with E-state index >= 15 is 0 Å². The number of rotatable bonds is 5. The molecule has 0 bridgehead atoms. The van der Waals surface area contributed by atoms with Crippen LogP contribution in [0.1, 0.15) is 16.7 Å². The number of aromatic nitrogens is 1. The summed E-state index contributed by atoms with van der Waals surface area (Å²) in [4.78, 5) is 15.3. The number of aromatic amines is 1. The Bertz CT molecular complexity index is 1120. The molecule has 0 radical (unpaired) electrons. The van der Waals surface area contributed by atoms with Gasteiger partial charge in [0.25, 0.3) is 5.56 Å². The molecule has 0 saturated carbocycles. The largest absolute Gasteiger partial charge is 0.322 e. The van der Waals surface area contributed by atoms with Crippen molar-refractivity contribution in [3.05, 3.63) is 74.5 Å². The Morgan fingerprint density at radius 3 is 2.46 bits per heavy atom. The van der Waals surface area contributed by atoms with Crippen LogP contribution in [0.4, 0.5) is 0 Å². The number of fused-ring (bicyclic) bond motifs is 1. The standard InChI is InChI=1S/C19H19ClN2O3S/c1-12-9-13(2)17-11-14(19(23)22-18(17)10-12)7-8-21-26(24,25)16-5-3-15(20)4-6-16/h3-6,9-11,21H,7-8H2,1-2H3,(H,22,23). The number of nitrogens with one attached hydrogen (secondary N) is 2. The van der Waals surface area contributed by atoms with Gasteiger partial charge in [0.05, 0.1) is 4.90 Å². The Morgan fingerprint density at radius 1 is 1.08 bits per heavy atom. The smallest absolute Gasteiger partial charge is 0.251 e. The van der Waals surface area contributed by atoms with Gasteiger partial charge in [-0.1, -0.05) is 17.7 Å². The predicted molar refractivity (Wildman–Crippen MR) is 104 cm³/mol. The molecule has 0 unspecified atom stereocenters. The Labute approximate surface area is 157 Å². The summed E-state index contributed by atoms with van der Waals surface area (Å²) in [5.74, 6) is 0. The van der Waals surface area contributed by atoms with Gasteiger partial charge in [0.2, 0.25) is 10.0 Å². The first kappa shape index (κ1) is 18.6. The number of hydrogen-bond donors (Lipinski definition) is 2. The molecule has 0 atom stereocenters. The molecule has 3 rings (SSSR count). The zero-order valence-electron chi connectivity index (χ0n) is 14.5. The summed E-state index contributed by atoms with van der Waals surface area (Å²) in [6.07, 6.45) is 0.297. The van der Waals surface area contributed by atoms with Gasteiger partial charge >= 0.3 is 0 Å². The van der Waals surface area contributed by atoms with Crippen LogP contribution in [0.2, 0.25) is 5.02 Å². The van der Waals surface area contributed by atoms with E-state index in [1.165, 1.54) is 24.3 Å². The van der Waals surface area contributed by atoms with Gasteiger partial charge in [-0.2, -0.15) is 0 Å². The van der Waals surface area contributed by atoms with E-state index in [1.54, 1.807) is 0 Å². The molecule has 0 aliphatic carbocycles. The second kappa shape index (κ2) is 7.23. The van der Waals surface area contributed by atoms with Crippen molar-refractivity contribution in [1.29, 1.82) is 0 Å². The summed E-state index contributed by atoms with van der Waals surface area (Å²) < 4.78 is 27.1. The topological polar surface area (TPSA) is 79.0 Å². The van der Waals surface area contributed by atoms with Crippen LogP contribution in [0.25, 0.3) is 10.9 Å². The molecule has 2 N–H and O–H groups in total. The molecule has 26 heavy (non-hydrogen) atoms. The summed E-state index contributed by atoms with van der Waals surface area (Å²) >= 11 is 5.78. The average Bonchev–Trinajstić information content (AvgIpc) is 2.56. The summed E-state index contributed by atoms with van der Waals surface area (Å²) in [6.45, 7) is 4.09. The van der Waals surface area contributed by atoms with E-state index in [0.717, 1.165) is 22.0 Å². The molecule has 0 aliphatic heterocycles. The van der Waals surface area contributed by atoms with Crippen molar-refractivity contribution in [2.24, 2.45) is 0 Å². The molecule has 3 aromatic rings. The maximum atomic E-state index is 12.3. The van der Waals surface area contributed by atoms with Crippen molar-refractivity contribution >= 4 is 32.5 Å². The Kier molecular flexibility index (Phi) is 5.18. The normalized spacial score (nSPS) is 11.8. The number of hydrogen-bond acceptors (Lipinski definition) is 3. The average molecular weight is 391 g/mol. The third-order valence-corrected chi connectivity index (χ3v) is 5.93. The zero-order valence-corrected chi connectivity index (χ0v) is 16.0. The molecule has 136 valence electrons. The SMILES string of the molecule is Cc1cc(C)c2cc(CCNS(=O)(=O)c3ccc(Cl)cc3)c(=O)[nH]c2c1. The van der Waals surface area contributed by atoms with E-state index in [0.29, 0.717) is 17.0 Å². The van der Waals surface area contributed by atoms with Crippen LogP contribution in [0.5, 0.6) is 0 Å². The third-order valence-electron chi connectivity index (χ3n) is 4.20. The van der Waals surface area contributed by atoms with Crippen molar-refractivity contribution in [2.45, 2.75) is 25.2 Å². The molecule has 7 heteroatoms. The highest BCUT2D eigenvalue weighted by atomic mass is 35.5. The summed E-state index contributed by atoms with van der Waals surface area (Å²) in [5, 5.41) is 1.43. The van der Waals surface area contributed by atoms with Crippen LogP contribution < -0.4 is 10.3 Å². The van der Waals surface area contributed by atoms with Crippen molar-refractivity contribution in [3.8, 4) is 0 Å². The van der Waals surface area contributed by atoms with E-state index in [9.17, 15) is 13.2 Å². The van der Waals surface area contributed by atoms with Crippen LogP contribution in [0.3, 0.4) is 0 Å². The fourth-order valence-electron chi connectivity index (χ4n) is 2.92. The molecule has 0 fully saturated rings. The fourth-order valence-corrected chi connectivity index (χ4v) is 4.08. The zero-order chi connectivity index (χ0) is 18.9. The minimum atomic E-state index is -3.64. The fraction of sp³-hybridized carbons (Fsp3) is 0.211. The van der Waals surface area contributed by atoms with Gasteiger partial charge in [-0.25, -0.2) is 13.1 Å². The molecule has 0 saturated heterocycles. The highest BCUT2D eigenvalue weighted by Crippen LogP contribution is 2.18. The van der Waals surface area contributed by atoms with E-state index in [2.05, 4.69) is 9.71 Å². The second-order valence-corrected chi connectivity index (χ2v) is 8.47. The number of halogens is 1. The van der Waals surface area contributed by atoms with Crippen LogP contribution in [0, 0.1) is 13.8 Å². The van der Waals surface area contributed by atoms with Gasteiger partial charge in [0, 0.05) is 28.0 Å². The highest BCUT2D eigenvalue weighted by Gasteiger charge is 2.14. The van der Waals surface area contributed by atoms with Gasteiger partial charge < -0.3 is 4.98 Å². The monoisotopic (exact) mass is 390 g/mol. The van der Waals surface area contributed by atoms with Gasteiger partial charge in [0.15, 0.2) is 0 Å². The van der Waals surface area contributed by atoms with Crippen molar-refractivity contribution in [1.82, 2.24) is 9.71 Å². The van der Waals surface area contributed by atoms with Crippen molar-refractivity contribution in [3.63, 3.8) is 0 Å². The number of aryl methyl sites for hydroxylation is 2. The maximum absolute atomic E-state index is 12.3. The lowest BCUT2D eigenvalue weighted by molar-refractivity contribution is 0.581. The molecule has 1 heterocycles. The first-order valence-corrected chi connectivity index (χ1v) is 10.0. The van der Waals surface area contributed by atoms with E-state index in [1.807, 2.05) is 32.0 Å². The second-order valence-electron chi connectivity index (χ2n) is 6.27. The molecule has 2 aromatic carbocycles. The Hall–Kier alpha value is -2.15. The summed E-state index contributed by atoms with van der Waals surface area (Å²) in [6, 6.07) is 11.7. The molecular formula is C19H19ClN2O3S. The Morgan fingerprint density at radius 2 is 1.77 bits per heavy atom. The summed E-state index contributed by atoms with van der Waals surface area (Å²) in [7, 11) is -3.64. The lowest BCUT2D eigenvalue weighted by Crippen LogP contribution is -2.27. The van der Waals surface area contributed by atoms with Crippen LogP contribution >= 0.6 is 11.6 Å². The highest BCUT2D eigenvalue weighted by molar-refractivity contribution is 7.89. The van der Waals surface area contributed by atoms with Crippen LogP contribution in [-0.2, 0) is 16.4 Å². The van der Waals surface area contributed by atoms with E-state index < -0.39 is 10.0 Å². The third kappa shape index (κ3) is 3.98. The van der Waals surface area contributed by atoms with Gasteiger partial charge in [-0.15, -0.1) is 0 Å². The molecule has 0 spiro atoms. The van der Waals surface area contributed by atoms with Gasteiger partial charge in [-0.3, -0.25) is 4.79 Å². The lowest BCUT2D eigenvalue weighted by atomic mass is 10.0. The number of H-pyrrole nitrogens is 1. The van der Waals surface area contributed by atoms with Gasteiger partial charge in [0.1, 0.15) is 0 Å². The number of pyridine rings is 1. The van der Waals surface area contributed by atoms with Crippen LogP contribution in [-0.4, -0.2) is 19.9 Å². The first-order valence-electron chi connectivity index (χ1n) is 8.15. The quantitative estimate of drug-likeness (QED) is 0.701. The van der Waals surface area contributed by atoms with E-state index in [4.69, 9.17) is 11.6 Å². The molecule has 0 aliphatic rings. The molecule has 5 nitrogen and oxygen atoms in total. The molecule has 1 aromatic heterocycles. The lowest BCUT2D eigenvalue weighted by Gasteiger charge is -2.09. The number of sulfonamides is 1. The van der Waals surface area contributed by atoms with Crippen molar-refractivity contribution < 1.29 is 8.42 Å². The predicted octanol–water partition coefficient (Wildman–Crippen LogP) is 3.32.